The predicted molar refractivity (Wildman–Crippen MR) is 87.9 cm³/mol. The molecule has 0 atom stereocenters. The minimum Gasteiger partial charge on any atom is -0.437 e. The van der Waals surface area contributed by atoms with Crippen LogP contribution in [0.3, 0.4) is 0 Å². The Morgan fingerprint density at radius 1 is 1.19 bits per heavy atom. The number of hydrogen-bond donors (Lipinski definition) is 1. The van der Waals surface area contributed by atoms with E-state index in [1.165, 1.54) is 0 Å². The average molecular weight is 301 g/mol. The van der Waals surface area contributed by atoms with Gasteiger partial charge in [-0.25, -0.2) is 9.97 Å². The Balaban J connectivity index is 2.49. The summed E-state index contributed by atoms with van der Waals surface area (Å²) >= 11 is 4.99. The van der Waals surface area contributed by atoms with Crippen LogP contribution in [-0.4, -0.2) is 15.0 Å². The first-order valence-electron chi connectivity index (χ1n) is 6.69. The van der Waals surface area contributed by atoms with Crippen LogP contribution in [-0.2, 0) is 5.41 Å². The molecule has 0 aliphatic carbocycles. The fourth-order valence-electron chi connectivity index (χ4n) is 2.01. The van der Waals surface area contributed by atoms with E-state index in [4.69, 9.17) is 22.7 Å². The monoisotopic (exact) mass is 301 g/mol. The van der Waals surface area contributed by atoms with Gasteiger partial charge in [-0.15, -0.1) is 0 Å². The van der Waals surface area contributed by atoms with E-state index in [2.05, 4.69) is 42.9 Å². The van der Waals surface area contributed by atoms with Crippen molar-refractivity contribution in [1.82, 2.24) is 9.97 Å². The van der Waals surface area contributed by atoms with Crippen molar-refractivity contribution >= 4 is 17.2 Å². The fourth-order valence-corrected chi connectivity index (χ4v) is 2.15. The second-order valence-electron chi connectivity index (χ2n) is 5.93. The molecule has 1 heterocycles. The zero-order valence-electron chi connectivity index (χ0n) is 12.7. The Hall–Kier alpha value is -2.01. The molecule has 0 aliphatic heterocycles. The van der Waals surface area contributed by atoms with Crippen molar-refractivity contribution in [3.8, 4) is 11.6 Å². The third-order valence-electron chi connectivity index (χ3n) is 3.05. The maximum atomic E-state index is 5.97. The van der Waals surface area contributed by atoms with Gasteiger partial charge in [-0.2, -0.15) is 0 Å². The zero-order chi connectivity index (χ0) is 15.6. The van der Waals surface area contributed by atoms with Crippen molar-refractivity contribution in [1.29, 1.82) is 0 Å². The van der Waals surface area contributed by atoms with Gasteiger partial charge >= 0.3 is 0 Å². The van der Waals surface area contributed by atoms with E-state index < -0.39 is 0 Å². The third-order valence-corrected chi connectivity index (χ3v) is 3.24. The van der Waals surface area contributed by atoms with Crippen LogP contribution in [0.2, 0.25) is 0 Å². The summed E-state index contributed by atoms with van der Waals surface area (Å²) in [7, 11) is 0. The minimum absolute atomic E-state index is 0.0470. The normalized spacial score (nSPS) is 11.2. The maximum Gasteiger partial charge on any atom is 0.248 e. The summed E-state index contributed by atoms with van der Waals surface area (Å²) in [5.74, 6) is 1.08. The smallest absolute Gasteiger partial charge is 0.248 e. The SMILES string of the molecule is Cc1ccc(C(C)(C)C)c(Oc2nccnc2C(N)=S)c1. The van der Waals surface area contributed by atoms with E-state index >= 15 is 0 Å². The van der Waals surface area contributed by atoms with Crippen molar-refractivity contribution in [3.63, 3.8) is 0 Å². The Morgan fingerprint density at radius 2 is 1.86 bits per heavy atom. The zero-order valence-corrected chi connectivity index (χ0v) is 13.5. The van der Waals surface area contributed by atoms with Gasteiger partial charge in [0.15, 0.2) is 5.69 Å². The first kappa shape index (κ1) is 15.4. The van der Waals surface area contributed by atoms with E-state index in [9.17, 15) is 0 Å². The fraction of sp³-hybridized carbons (Fsp3) is 0.312. The summed E-state index contributed by atoms with van der Waals surface area (Å²) < 4.78 is 5.97. The first-order chi connectivity index (χ1) is 9.79. The molecule has 0 bridgehead atoms. The van der Waals surface area contributed by atoms with E-state index in [1.54, 1.807) is 12.4 Å². The van der Waals surface area contributed by atoms with Crippen molar-refractivity contribution in [2.75, 3.05) is 0 Å². The van der Waals surface area contributed by atoms with Gasteiger partial charge < -0.3 is 10.5 Å². The van der Waals surface area contributed by atoms with Crippen LogP contribution in [0.1, 0.15) is 37.6 Å². The molecule has 1 aromatic carbocycles. The van der Waals surface area contributed by atoms with Crippen LogP contribution in [0.5, 0.6) is 11.6 Å². The quantitative estimate of drug-likeness (QED) is 0.879. The summed E-state index contributed by atoms with van der Waals surface area (Å²) in [4.78, 5) is 8.50. The van der Waals surface area contributed by atoms with Crippen LogP contribution in [0.15, 0.2) is 30.6 Å². The van der Waals surface area contributed by atoms with Crippen molar-refractivity contribution in [2.24, 2.45) is 5.73 Å². The molecule has 0 saturated carbocycles. The molecular formula is C16H19N3OS. The van der Waals surface area contributed by atoms with E-state index in [-0.39, 0.29) is 10.4 Å². The van der Waals surface area contributed by atoms with Crippen LogP contribution in [0, 0.1) is 6.92 Å². The molecule has 0 unspecified atom stereocenters. The number of benzene rings is 1. The molecule has 21 heavy (non-hydrogen) atoms. The lowest BCUT2D eigenvalue weighted by Gasteiger charge is -2.23. The summed E-state index contributed by atoms with van der Waals surface area (Å²) in [6.07, 6.45) is 3.10. The van der Waals surface area contributed by atoms with E-state index in [0.717, 1.165) is 16.9 Å². The second kappa shape index (κ2) is 5.77. The number of aryl methyl sites for hydroxylation is 1. The lowest BCUT2D eigenvalue weighted by molar-refractivity contribution is 0.436. The number of nitrogens with zero attached hydrogens (tertiary/aromatic N) is 2. The number of nitrogens with two attached hydrogens (primary N) is 1. The number of hydrogen-bond acceptors (Lipinski definition) is 4. The Labute approximate surface area is 130 Å². The van der Waals surface area contributed by atoms with Gasteiger partial charge in [-0.1, -0.05) is 45.1 Å². The van der Waals surface area contributed by atoms with Gasteiger partial charge in [0.1, 0.15) is 10.7 Å². The van der Waals surface area contributed by atoms with Gasteiger partial charge in [0.05, 0.1) is 0 Å². The molecule has 2 aromatic rings. The van der Waals surface area contributed by atoms with Crippen molar-refractivity contribution < 1.29 is 4.74 Å². The minimum atomic E-state index is -0.0470. The first-order valence-corrected chi connectivity index (χ1v) is 7.09. The molecule has 0 amide bonds. The molecule has 1 aromatic heterocycles. The highest BCUT2D eigenvalue weighted by atomic mass is 32.1. The molecule has 0 radical (unpaired) electrons. The second-order valence-corrected chi connectivity index (χ2v) is 6.37. The van der Waals surface area contributed by atoms with Gasteiger partial charge in [0.25, 0.3) is 0 Å². The highest BCUT2D eigenvalue weighted by Gasteiger charge is 2.21. The van der Waals surface area contributed by atoms with Crippen molar-refractivity contribution in [3.05, 3.63) is 47.4 Å². The average Bonchev–Trinajstić information content (AvgIpc) is 2.37. The highest BCUT2D eigenvalue weighted by Crippen LogP contribution is 2.34. The standard InChI is InChI=1S/C16H19N3OS/c1-10-5-6-11(16(2,3)4)12(9-10)20-15-13(14(17)21)18-7-8-19-15/h5-9H,1-4H3,(H2,17,21). The summed E-state index contributed by atoms with van der Waals surface area (Å²) in [6.45, 7) is 8.42. The molecule has 2 rings (SSSR count). The third kappa shape index (κ3) is 3.55. The van der Waals surface area contributed by atoms with Gasteiger partial charge in [-0.3, -0.25) is 0 Å². The van der Waals surface area contributed by atoms with Gasteiger partial charge in [0, 0.05) is 18.0 Å². The molecule has 0 saturated heterocycles. The molecule has 0 spiro atoms. The largest absolute Gasteiger partial charge is 0.437 e. The molecule has 2 N–H and O–H groups in total. The van der Waals surface area contributed by atoms with Crippen LogP contribution < -0.4 is 10.5 Å². The number of ether oxygens (including phenoxy) is 1. The summed E-state index contributed by atoms with van der Waals surface area (Å²) in [5, 5.41) is 0. The number of aromatic nitrogens is 2. The Morgan fingerprint density at radius 3 is 2.48 bits per heavy atom. The highest BCUT2D eigenvalue weighted by molar-refractivity contribution is 7.80. The Kier molecular flexibility index (Phi) is 4.23. The van der Waals surface area contributed by atoms with Gasteiger partial charge in [-0.05, 0) is 24.0 Å². The van der Waals surface area contributed by atoms with E-state index in [0.29, 0.717) is 11.6 Å². The molecule has 0 aliphatic rings. The number of thiocarbonyl (C=S) groups is 1. The van der Waals surface area contributed by atoms with Gasteiger partial charge in [0.2, 0.25) is 5.88 Å². The summed E-state index contributed by atoms with van der Waals surface area (Å²) in [6, 6.07) is 6.12. The van der Waals surface area contributed by atoms with Crippen molar-refractivity contribution in [2.45, 2.75) is 33.1 Å². The Bertz CT molecular complexity index is 677. The van der Waals surface area contributed by atoms with Crippen LogP contribution >= 0.6 is 12.2 Å². The molecular weight excluding hydrogens is 282 g/mol. The predicted octanol–water partition coefficient (Wildman–Crippen LogP) is 3.51. The lowest BCUT2D eigenvalue weighted by Crippen LogP contribution is -2.15. The number of rotatable bonds is 3. The van der Waals surface area contributed by atoms with Crippen LogP contribution in [0.4, 0.5) is 0 Å². The van der Waals surface area contributed by atoms with E-state index in [1.807, 2.05) is 13.0 Å². The topological polar surface area (TPSA) is 61.0 Å². The molecule has 4 nitrogen and oxygen atoms in total. The molecule has 5 heteroatoms. The maximum absolute atomic E-state index is 5.97. The summed E-state index contributed by atoms with van der Waals surface area (Å²) in [5.41, 5.74) is 8.22. The molecule has 110 valence electrons. The lowest BCUT2D eigenvalue weighted by atomic mass is 9.86. The molecule has 0 fully saturated rings. The van der Waals surface area contributed by atoms with Crippen LogP contribution in [0.25, 0.3) is 0 Å².